The molecule has 92 valence electrons. The van der Waals surface area contributed by atoms with Crippen LogP contribution < -0.4 is 5.73 Å². The molecule has 0 aliphatic heterocycles. The van der Waals surface area contributed by atoms with Crippen LogP contribution in [0.3, 0.4) is 0 Å². The number of hydrogen-bond donors (Lipinski definition) is 2. The van der Waals surface area contributed by atoms with E-state index in [1.807, 2.05) is 6.92 Å². The summed E-state index contributed by atoms with van der Waals surface area (Å²) in [4.78, 5) is 24.3. The van der Waals surface area contributed by atoms with Crippen LogP contribution in [0, 0.1) is 5.41 Å². The van der Waals surface area contributed by atoms with Gasteiger partial charge in [-0.1, -0.05) is 13.3 Å². The van der Waals surface area contributed by atoms with Crippen LogP contribution in [0.15, 0.2) is 0 Å². The molecule has 0 atom stereocenters. The predicted octanol–water partition coefficient (Wildman–Crippen LogP) is 0.439. The van der Waals surface area contributed by atoms with Gasteiger partial charge in [-0.05, 0) is 19.3 Å². The first-order valence-electron chi connectivity index (χ1n) is 5.77. The van der Waals surface area contributed by atoms with E-state index in [9.17, 15) is 9.59 Å². The Hall–Kier alpha value is -1.10. The minimum Gasteiger partial charge on any atom is -0.480 e. The quantitative estimate of drug-likeness (QED) is 0.691. The third kappa shape index (κ3) is 2.52. The van der Waals surface area contributed by atoms with Gasteiger partial charge in [0.25, 0.3) is 0 Å². The highest BCUT2D eigenvalue weighted by molar-refractivity contribution is 5.86. The van der Waals surface area contributed by atoms with Gasteiger partial charge in [0.2, 0.25) is 5.91 Å². The molecule has 1 rings (SSSR count). The van der Waals surface area contributed by atoms with Crippen molar-refractivity contribution in [3.63, 3.8) is 0 Å². The van der Waals surface area contributed by atoms with Crippen LogP contribution in [0.5, 0.6) is 0 Å². The lowest BCUT2D eigenvalue weighted by molar-refractivity contribution is -0.153. The van der Waals surface area contributed by atoms with Crippen LogP contribution in [-0.4, -0.2) is 41.5 Å². The molecule has 0 spiro atoms. The number of aliphatic carboxylic acids is 1. The summed E-state index contributed by atoms with van der Waals surface area (Å²) in [6.07, 6.45) is 3.36. The average Bonchev–Trinajstić information content (AvgIpc) is 2.15. The Morgan fingerprint density at radius 3 is 2.38 bits per heavy atom. The SMILES string of the molecule is CCCN(CC(=O)O)C(=O)C1(CN)CCC1. The van der Waals surface area contributed by atoms with Gasteiger partial charge in [-0.3, -0.25) is 9.59 Å². The summed E-state index contributed by atoms with van der Waals surface area (Å²) in [7, 11) is 0. The Kier molecular flexibility index (Phi) is 4.29. The molecule has 0 aromatic heterocycles. The van der Waals surface area contributed by atoms with Gasteiger partial charge in [0.05, 0.1) is 5.41 Å². The normalized spacial score (nSPS) is 17.6. The summed E-state index contributed by atoms with van der Waals surface area (Å²) in [5, 5.41) is 8.76. The Morgan fingerprint density at radius 2 is 2.06 bits per heavy atom. The number of carbonyl (C=O) groups excluding carboxylic acids is 1. The smallest absolute Gasteiger partial charge is 0.323 e. The Bertz CT molecular complexity index is 269. The molecule has 0 bridgehead atoms. The molecule has 1 aliphatic carbocycles. The van der Waals surface area contributed by atoms with Crippen molar-refractivity contribution in [1.82, 2.24) is 4.90 Å². The highest BCUT2D eigenvalue weighted by Crippen LogP contribution is 2.41. The fraction of sp³-hybridized carbons (Fsp3) is 0.818. The van der Waals surface area contributed by atoms with Gasteiger partial charge in [0.1, 0.15) is 6.54 Å². The molecule has 1 saturated carbocycles. The zero-order valence-corrected chi connectivity index (χ0v) is 9.74. The van der Waals surface area contributed by atoms with E-state index in [0.29, 0.717) is 13.1 Å². The van der Waals surface area contributed by atoms with Gasteiger partial charge in [-0.25, -0.2) is 0 Å². The first-order valence-corrected chi connectivity index (χ1v) is 5.77. The zero-order valence-electron chi connectivity index (χ0n) is 9.74. The summed E-state index contributed by atoms with van der Waals surface area (Å²) in [6.45, 7) is 2.53. The number of rotatable bonds is 6. The Morgan fingerprint density at radius 1 is 1.44 bits per heavy atom. The summed E-state index contributed by atoms with van der Waals surface area (Å²) < 4.78 is 0. The van der Waals surface area contributed by atoms with Crippen molar-refractivity contribution in [2.75, 3.05) is 19.6 Å². The topological polar surface area (TPSA) is 83.6 Å². The number of hydrogen-bond acceptors (Lipinski definition) is 3. The number of carboxylic acids is 1. The Labute approximate surface area is 95.6 Å². The van der Waals surface area contributed by atoms with Gasteiger partial charge < -0.3 is 15.7 Å². The number of nitrogens with zero attached hydrogens (tertiary/aromatic N) is 1. The second kappa shape index (κ2) is 5.30. The van der Waals surface area contributed by atoms with Gasteiger partial charge in [0.15, 0.2) is 0 Å². The molecule has 1 fully saturated rings. The van der Waals surface area contributed by atoms with Crippen molar-refractivity contribution in [2.24, 2.45) is 11.1 Å². The van der Waals surface area contributed by atoms with Gasteiger partial charge in [-0.2, -0.15) is 0 Å². The first kappa shape index (κ1) is 13.0. The molecule has 0 unspecified atom stereocenters. The van der Waals surface area contributed by atoms with Crippen LogP contribution in [0.4, 0.5) is 0 Å². The van der Waals surface area contributed by atoms with Crippen LogP contribution in [-0.2, 0) is 9.59 Å². The second-order valence-corrected chi connectivity index (χ2v) is 4.46. The molecule has 16 heavy (non-hydrogen) atoms. The molecule has 0 radical (unpaired) electrons. The Balaban J connectivity index is 2.69. The molecular formula is C11H20N2O3. The molecule has 0 saturated heterocycles. The molecule has 1 aliphatic rings. The molecule has 1 amide bonds. The predicted molar refractivity (Wildman–Crippen MR) is 59.8 cm³/mol. The van der Waals surface area contributed by atoms with Gasteiger partial charge in [0, 0.05) is 13.1 Å². The fourth-order valence-corrected chi connectivity index (χ4v) is 2.13. The standard InChI is InChI=1S/C11H20N2O3/c1-2-6-13(7-9(14)15)10(16)11(8-12)4-3-5-11/h2-8,12H2,1H3,(H,14,15). The van der Waals surface area contributed by atoms with Crippen molar-refractivity contribution in [3.8, 4) is 0 Å². The molecule has 5 nitrogen and oxygen atoms in total. The second-order valence-electron chi connectivity index (χ2n) is 4.46. The maximum atomic E-state index is 12.2. The van der Waals surface area contributed by atoms with E-state index < -0.39 is 11.4 Å². The van der Waals surface area contributed by atoms with E-state index in [1.54, 1.807) is 0 Å². The third-order valence-electron chi connectivity index (χ3n) is 3.26. The van der Waals surface area contributed by atoms with Crippen molar-refractivity contribution < 1.29 is 14.7 Å². The minimum absolute atomic E-state index is 0.0782. The highest BCUT2D eigenvalue weighted by atomic mass is 16.4. The number of amides is 1. The minimum atomic E-state index is -0.965. The molecule has 5 heteroatoms. The van der Waals surface area contributed by atoms with E-state index in [-0.39, 0.29) is 12.5 Å². The lowest BCUT2D eigenvalue weighted by atomic mass is 9.68. The monoisotopic (exact) mass is 228 g/mol. The van der Waals surface area contributed by atoms with E-state index in [0.717, 1.165) is 25.7 Å². The summed E-state index contributed by atoms with van der Waals surface area (Å²) in [6, 6.07) is 0. The van der Waals surface area contributed by atoms with E-state index in [4.69, 9.17) is 10.8 Å². The van der Waals surface area contributed by atoms with Crippen molar-refractivity contribution in [1.29, 1.82) is 0 Å². The largest absolute Gasteiger partial charge is 0.480 e. The van der Waals surface area contributed by atoms with Crippen LogP contribution in [0.25, 0.3) is 0 Å². The molecule has 3 N–H and O–H groups in total. The summed E-state index contributed by atoms with van der Waals surface area (Å²) in [5.41, 5.74) is 5.17. The summed E-state index contributed by atoms with van der Waals surface area (Å²) in [5.74, 6) is -1.04. The third-order valence-corrected chi connectivity index (χ3v) is 3.26. The lowest BCUT2D eigenvalue weighted by Crippen LogP contribution is -2.53. The van der Waals surface area contributed by atoms with E-state index >= 15 is 0 Å². The van der Waals surface area contributed by atoms with Crippen molar-refractivity contribution in [2.45, 2.75) is 32.6 Å². The van der Waals surface area contributed by atoms with Crippen LogP contribution in [0.2, 0.25) is 0 Å². The maximum Gasteiger partial charge on any atom is 0.323 e. The first-order chi connectivity index (χ1) is 7.55. The maximum absolute atomic E-state index is 12.2. The van der Waals surface area contributed by atoms with Crippen LogP contribution >= 0.6 is 0 Å². The lowest BCUT2D eigenvalue weighted by Gasteiger charge is -2.42. The zero-order chi connectivity index (χ0) is 12.2. The molecule has 0 heterocycles. The molecule has 0 aromatic rings. The van der Waals surface area contributed by atoms with Crippen molar-refractivity contribution >= 4 is 11.9 Å². The fourth-order valence-electron chi connectivity index (χ4n) is 2.13. The van der Waals surface area contributed by atoms with Gasteiger partial charge in [-0.15, -0.1) is 0 Å². The van der Waals surface area contributed by atoms with E-state index in [1.165, 1.54) is 4.90 Å². The number of nitrogens with two attached hydrogens (primary N) is 1. The molecule has 0 aromatic carbocycles. The number of carbonyl (C=O) groups is 2. The molecular weight excluding hydrogens is 208 g/mol. The van der Waals surface area contributed by atoms with Gasteiger partial charge >= 0.3 is 5.97 Å². The van der Waals surface area contributed by atoms with E-state index in [2.05, 4.69) is 0 Å². The van der Waals surface area contributed by atoms with Crippen molar-refractivity contribution in [3.05, 3.63) is 0 Å². The average molecular weight is 228 g/mol. The summed E-state index contributed by atoms with van der Waals surface area (Å²) >= 11 is 0. The number of carboxylic acid groups (broad SMARTS) is 1. The highest BCUT2D eigenvalue weighted by Gasteiger charge is 2.45. The van der Waals surface area contributed by atoms with Crippen LogP contribution in [0.1, 0.15) is 32.6 Å².